The molecule has 7 aromatic carbocycles. The van der Waals surface area contributed by atoms with Gasteiger partial charge >= 0.3 is 0 Å². The van der Waals surface area contributed by atoms with E-state index in [9.17, 15) is 0 Å². The van der Waals surface area contributed by atoms with Gasteiger partial charge in [0.15, 0.2) is 0 Å². The molecule has 0 bridgehead atoms. The summed E-state index contributed by atoms with van der Waals surface area (Å²) in [5.74, 6) is 0.673. The minimum atomic E-state index is 0.114. The van der Waals surface area contributed by atoms with Crippen LogP contribution in [0.25, 0.3) is 82.9 Å². The highest BCUT2D eigenvalue weighted by Crippen LogP contribution is 2.39. The van der Waals surface area contributed by atoms with E-state index in [1.165, 1.54) is 49.4 Å². The standard InChI is InChI=1S/C46H35N3/c1-46(2,3)34-28-26-31(27-29-34)36-18-11-13-32-12-10-17-35(43(32)36)30-22-24-33(25-23-30)44-39-16-4-7-19-40(39)47-45(48-44)49-41-20-8-5-14-37(41)38-15-6-9-21-42(38)49/h4-29H,1-3H3. The van der Waals surface area contributed by atoms with Crippen molar-refractivity contribution in [3.05, 3.63) is 163 Å². The summed E-state index contributed by atoms with van der Waals surface area (Å²) in [4.78, 5) is 10.4. The molecule has 0 aliphatic carbocycles. The first kappa shape index (κ1) is 29.1. The van der Waals surface area contributed by atoms with Crippen molar-refractivity contribution in [3.63, 3.8) is 0 Å². The number of aromatic nitrogens is 3. The first-order valence-electron chi connectivity index (χ1n) is 16.9. The van der Waals surface area contributed by atoms with Crippen molar-refractivity contribution in [1.82, 2.24) is 14.5 Å². The second-order valence-electron chi connectivity index (χ2n) is 13.9. The van der Waals surface area contributed by atoms with Crippen LogP contribution in [0.5, 0.6) is 0 Å². The maximum atomic E-state index is 5.30. The van der Waals surface area contributed by atoms with E-state index in [1.807, 2.05) is 6.07 Å². The quantitative estimate of drug-likeness (QED) is 0.194. The largest absolute Gasteiger partial charge is 0.278 e. The highest BCUT2D eigenvalue weighted by atomic mass is 15.2. The number of rotatable bonds is 4. The second kappa shape index (κ2) is 11.3. The molecule has 0 unspecified atom stereocenters. The molecule has 0 saturated carbocycles. The van der Waals surface area contributed by atoms with E-state index in [0.717, 1.165) is 33.2 Å². The molecule has 0 atom stereocenters. The molecule has 0 spiro atoms. The van der Waals surface area contributed by atoms with Crippen LogP contribution in [0.1, 0.15) is 26.3 Å². The molecular formula is C46H35N3. The van der Waals surface area contributed by atoms with Crippen LogP contribution in [0.2, 0.25) is 0 Å². The fourth-order valence-electron chi connectivity index (χ4n) is 7.30. The zero-order chi connectivity index (χ0) is 33.1. The van der Waals surface area contributed by atoms with Gasteiger partial charge in [-0.15, -0.1) is 0 Å². The summed E-state index contributed by atoms with van der Waals surface area (Å²) in [7, 11) is 0. The summed E-state index contributed by atoms with van der Waals surface area (Å²) in [6.45, 7) is 6.78. The van der Waals surface area contributed by atoms with Gasteiger partial charge in [-0.2, -0.15) is 0 Å². The molecule has 9 rings (SSSR count). The van der Waals surface area contributed by atoms with Gasteiger partial charge in [-0.1, -0.05) is 160 Å². The van der Waals surface area contributed by atoms with Gasteiger partial charge in [-0.05, 0) is 62.2 Å². The summed E-state index contributed by atoms with van der Waals surface area (Å²) in [6.07, 6.45) is 0. The molecule has 49 heavy (non-hydrogen) atoms. The second-order valence-corrected chi connectivity index (χ2v) is 13.9. The number of hydrogen-bond donors (Lipinski definition) is 0. The van der Waals surface area contributed by atoms with Crippen LogP contribution < -0.4 is 0 Å². The van der Waals surface area contributed by atoms with E-state index in [4.69, 9.17) is 9.97 Å². The number of fused-ring (bicyclic) bond motifs is 5. The molecule has 234 valence electrons. The lowest BCUT2D eigenvalue weighted by Crippen LogP contribution is -2.10. The van der Waals surface area contributed by atoms with Crippen LogP contribution in [0.3, 0.4) is 0 Å². The van der Waals surface area contributed by atoms with Gasteiger partial charge in [0.1, 0.15) is 0 Å². The lowest BCUT2D eigenvalue weighted by atomic mass is 9.85. The Balaban J connectivity index is 1.18. The summed E-state index contributed by atoms with van der Waals surface area (Å²) >= 11 is 0. The van der Waals surface area contributed by atoms with Crippen molar-refractivity contribution >= 4 is 43.5 Å². The summed E-state index contributed by atoms with van der Waals surface area (Å²) < 4.78 is 2.20. The number of nitrogens with zero attached hydrogens (tertiary/aromatic N) is 3. The van der Waals surface area contributed by atoms with E-state index in [1.54, 1.807) is 0 Å². The SMILES string of the molecule is CC(C)(C)c1ccc(-c2cccc3cccc(-c4ccc(-c5nc(-n6c7ccccc7c7ccccc76)nc6ccccc56)cc4)c23)cc1. The third kappa shape index (κ3) is 4.89. The molecule has 2 aromatic heterocycles. The Morgan fingerprint density at radius 1 is 0.449 bits per heavy atom. The Labute approximate surface area is 286 Å². The molecule has 0 radical (unpaired) electrons. The fraction of sp³-hybridized carbons (Fsp3) is 0.0870. The van der Waals surface area contributed by atoms with Gasteiger partial charge in [-0.25, -0.2) is 9.97 Å². The zero-order valence-electron chi connectivity index (χ0n) is 27.9. The topological polar surface area (TPSA) is 30.7 Å². The molecule has 3 heteroatoms. The van der Waals surface area contributed by atoms with Crippen molar-refractivity contribution in [2.24, 2.45) is 0 Å². The fourth-order valence-corrected chi connectivity index (χ4v) is 7.30. The Bertz CT molecular complexity index is 2620. The van der Waals surface area contributed by atoms with Gasteiger partial charge in [0, 0.05) is 21.7 Å². The molecule has 0 fully saturated rings. The van der Waals surface area contributed by atoms with Crippen molar-refractivity contribution in [3.8, 4) is 39.5 Å². The maximum Gasteiger partial charge on any atom is 0.235 e. The van der Waals surface area contributed by atoms with E-state index in [0.29, 0.717) is 5.95 Å². The average Bonchev–Trinajstić information content (AvgIpc) is 3.48. The molecule has 2 heterocycles. The predicted octanol–water partition coefficient (Wildman–Crippen LogP) is 12.2. The van der Waals surface area contributed by atoms with Crippen LogP contribution in [-0.2, 0) is 5.41 Å². The van der Waals surface area contributed by atoms with Gasteiger partial charge in [0.25, 0.3) is 0 Å². The molecule has 0 aliphatic rings. The summed E-state index contributed by atoms with van der Waals surface area (Å²) in [5, 5.41) is 5.92. The van der Waals surface area contributed by atoms with Gasteiger partial charge in [0.05, 0.1) is 22.2 Å². The molecule has 9 aromatic rings. The van der Waals surface area contributed by atoms with E-state index < -0.39 is 0 Å². The predicted molar refractivity (Wildman–Crippen MR) is 206 cm³/mol. The van der Waals surface area contributed by atoms with Crippen molar-refractivity contribution < 1.29 is 0 Å². The van der Waals surface area contributed by atoms with E-state index in [2.05, 4.69) is 177 Å². The molecule has 0 aliphatic heterocycles. The minimum absolute atomic E-state index is 0.114. The third-order valence-corrected chi connectivity index (χ3v) is 9.81. The molecule has 0 saturated heterocycles. The summed E-state index contributed by atoms with van der Waals surface area (Å²) in [5.41, 5.74) is 11.4. The van der Waals surface area contributed by atoms with E-state index in [-0.39, 0.29) is 5.41 Å². The zero-order valence-corrected chi connectivity index (χ0v) is 27.9. The monoisotopic (exact) mass is 629 g/mol. The van der Waals surface area contributed by atoms with Crippen LogP contribution in [0, 0.1) is 0 Å². The van der Waals surface area contributed by atoms with Crippen LogP contribution in [-0.4, -0.2) is 14.5 Å². The number of para-hydroxylation sites is 3. The van der Waals surface area contributed by atoms with Gasteiger partial charge in [-0.3, -0.25) is 4.57 Å². The first-order chi connectivity index (χ1) is 23.9. The van der Waals surface area contributed by atoms with Crippen LogP contribution in [0.15, 0.2) is 158 Å². The highest BCUT2D eigenvalue weighted by Gasteiger charge is 2.18. The molecular weight excluding hydrogens is 595 g/mol. The summed E-state index contributed by atoms with van der Waals surface area (Å²) in [6, 6.07) is 56.5. The van der Waals surface area contributed by atoms with Gasteiger partial charge < -0.3 is 0 Å². The number of hydrogen-bond acceptors (Lipinski definition) is 2. The van der Waals surface area contributed by atoms with Crippen LogP contribution >= 0.6 is 0 Å². The Morgan fingerprint density at radius 3 is 1.55 bits per heavy atom. The lowest BCUT2D eigenvalue weighted by molar-refractivity contribution is 0.590. The highest BCUT2D eigenvalue weighted by molar-refractivity contribution is 6.09. The van der Waals surface area contributed by atoms with Crippen LogP contribution in [0.4, 0.5) is 0 Å². The maximum absolute atomic E-state index is 5.30. The first-order valence-corrected chi connectivity index (χ1v) is 16.9. The van der Waals surface area contributed by atoms with Crippen molar-refractivity contribution in [1.29, 1.82) is 0 Å². The van der Waals surface area contributed by atoms with Crippen molar-refractivity contribution in [2.45, 2.75) is 26.2 Å². The number of benzene rings is 7. The Morgan fingerprint density at radius 2 is 0.959 bits per heavy atom. The third-order valence-electron chi connectivity index (χ3n) is 9.81. The Kier molecular flexibility index (Phi) is 6.70. The average molecular weight is 630 g/mol. The van der Waals surface area contributed by atoms with E-state index >= 15 is 0 Å². The normalized spacial score (nSPS) is 12.0. The molecule has 0 N–H and O–H groups in total. The smallest absolute Gasteiger partial charge is 0.235 e. The minimum Gasteiger partial charge on any atom is -0.278 e. The van der Waals surface area contributed by atoms with Gasteiger partial charge in [0.2, 0.25) is 5.95 Å². The lowest BCUT2D eigenvalue weighted by Gasteiger charge is -2.19. The molecule has 3 nitrogen and oxygen atoms in total. The Hall–Kier alpha value is -6.06. The van der Waals surface area contributed by atoms with Crippen molar-refractivity contribution in [2.75, 3.05) is 0 Å². The molecule has 0 amide bonds.